The summed E-state index contributed by atoms with van der Waals surface area (Å²) < 4.78 is 62.5. The van der Waals surface area contributed by atoms with Crippen molar-refractivity contribution < 1.29 is 51.3 Å². The van der Waals surface area contributed by atoms with Crippen molar-refractivity contribution in [3.63, 3.8) is 0 Å². The van der Waals surface area contributed by atoms with Gasteiger partial charge in [-0.05, 0) is 35.6 Å². The van der Waals surface area contributed by atoms with Crippen LogP contribution >= 0.6 is 15.9 Å². The number of carbonyl (C=O) groups excluding carboxylic acids is 3. The van der Waals surface area contributed by atoms with Gasteiger partial charge in [0.25, 0.3) is 0 Å². The molecule has 280 valence electrons. The van der Waals surface area contributed by atoms with E-state index in [0.29, 0.717) is 12.4 Å². The molecular weight excluding hydrogens is 751 g/mol. The normalized spacial score (nSPS) is 12.6. The first kappa shape index (κ1) is 42.7. The van der Waals surface area contributed by atoms with Crippen LogP contribution in [0.5, 0.6) is 0 Å². The van der Waals surface area contributed by atoms with Gasteiger partial charge < -0.3 is 36.0 Å². The Morgan fingerprint density at radius 3 is 2.18 bits per heavy atom. The predicted molar refractivity (Wildman–Crippen MR) is 180 cm³/mol. The number of nitrogens with zero attached hydrogens (tertiary/aromatic N) is 3. The van der Waals surface area contributed by atoms with Crippen LogP contribution in [0.15, 0.2) is 54.7 Å². The number of aliphatic hydroxyl groups is 1. The molecule has 3 amide bonds. The number of benzene rings is 2. The molecule has 18 heteroatoms. The van der Waals surface area contributed by atoms with Gasteiger partial charge in [0.1, 0.15) is 24.1 Å². The Balaban J connectivity index is 0.00000116. The van der Waals surface area contributed by atoms with Crippen LogP contribution in [0.1, 0.15) is 44.6 Å². The SMILES string of the molecule is CC(C)(C)C(c1nc(-c2cc(F)ccc2F)cn1Cc1ccccc1)N(CCC(N)C(=O)NCCNC(=O)CBr)C(=O)CO.O=C(O)C(F)(F)F. The fraction of sp³-hybridized carbons (Fsp3) is 0.424. The largest absolute Gasteiger partial charge is 0.490 e. The van der Waals surface area contributed by atoms with E-state index in [9.17, 15) is 41.4 Å². The summed E-state index contributed by atoms with van der Waals surface area (Å²) in [6.45, 7) is 5.60. The molecule has 2 atom stereocenters. The summed E-state index contributed by atoms with van der Waals surface area (Å²) in [5.41, 5.74) is 6.56. The Kier molecular flexibility index (Phi) is 16.1. The second kappa shape index (κ2) is 19.3. The lowest BCUT2D eigenvalue weighted by Gasteiger charge is -2.40. The molecule has 0 bridgehead atoms. The molecule has 0 fully saturated rings. The Morgan fingerprint density at radius 1 is 1.02 bits per heavy atom. The number of rotatable bonds is 14. The topological polar surface area (TPSA) is 180 Å². The molecule has 3 rings (SSSR count). The highest BCUT2D eigenvalue weighted by Gasteiger charge is 2.39. The van der Waals surface area contributed by atoms with Crippen molar-refractivity contribution in [2.45, 2.75) is 52.0 Å². The molecule has 3 aromatic rings. The minimum Gasteiger partial charge on any atom is -0.475 e. The van der Waals surface area contributed by atoms with E-state index in [-0.39, 0.29) is 48.5 Å². The number of alkyl halides is 4. The molecule has 0 spiro atoms. The minimum absolute atomic E-state index is 0.00189. The predicted octanol–water partition coefficient (Wildman–Crippen LogP) is 3.76. The minimum atomic E-state index is -5.08. The standard InChI is InChI=1S/C31H39BrF2N6O4.C2HF3O2/c1-31(2,3)28(40(27(43)19-41)14-11-24(35)30(44)37-13-12-36-26(42)16-32)29-38-25(22-15-21(33)9-10-23(22)34)18-39(29)17-20-7-5-4-6-8-20;3-2(4,5)1(6)7/h4-10,15,18,24,28,41H,11-14,16-17,19,35H2,1-3H3,(H,36,42)(H,37,44);(H,6,7). The lowest BCUT2D eigenvalue weighted by atomic mass is 9.84. The summed E-state index contributed by atoms with van der Waals surface area (Å²) in [6.07, 6.45) is -3.41. The van der Waals surface area contributed by atoms with Crippen molar-refractivity contribution in [2.75, 3.05) is 31.6 Å². The maximum absolute atomic E-state index is 14.9. The summed E-state index contributed by atoms with van der Waals surface area (Å²) in [7, 11) is 0. The highest BCUT2D eigenvalue weighted by molar-refractivity contribution is 9.09. The molecule has 2 unspecified atom stereocenters. The van der Waals surface area contributed by atoms with Gasteiger partial charge in [-0.1, -0.05) is 67.0 Å². The van der Waals surface area contributed by atoms with Crippen molar-refractivity contribution >= 4 is 39.6 Å². The van der Waals surface area contributed by atoms with Crippen LogP contribution in [-0.4, -0.2) is 92.1 Å². The van der Waals surface area contributed by atoms with Gasteiger partial charge in [-0.15, -0.1) is 0 Å². The van der Waals surface area contributed by atoms with E-state index in [1.54, 1.807) is 10.8 Å². The lowest BCUT2D eigenvalue weighted by Crippen LogP contribution is -2.48. The van der Waals surface area contributed by atoms with E-state index in [2.05, 4.69) is 26.6 Å². The number of nitrogens with one attached hydrogen (secondary N) is 2. The first-order valence-corrected chi connectivity index (χ1v) is 16.5. The number of amides is 3. The third-order valence-electron chi connectivity index (χ3n) is 7.17. The van der Waals surface area contributed by atoms with Crippen LogP contribution in [-0.2, 0) is 25.7 Å². The van der Waals surface area contributed by atoms with Crippen molar-refractivity contribution in [2.24, 2.45) is 11.1 Å². The van der Waals surface area contributed by atoms with Crippen LogP contribution in [0, 0.1) is 17.0 Å². The molecule has 2 aromatic carbocycles. The average Bonchev–Trinajstić information content (AvgIpc) is 3.46. The number of halogens is 6. The number of aliphatic hydroxyl groups excluding tert-OH is 1. The van der Waals surface area contributed by atoms with Crippen LogP contribution in [0.4, 0.5) is 22.0 Å². The zero-order valence-corrected chi connectivity index (χ0v) is 29.6. The zero-order valence-electron chi connectivity index (χ0n) is 28.0. The molecule has 0 aliphatic rings. The molecule has 1 heterocycles. The first-order valence-electron chi connectivity index (χ1n) is 15.4. The summed E-state index contributed by atoms with van der Waals surface area (Å²) in [5.74, 6) is -4.93. The van der Waals surface area contributed by atoms with Crippen molar-refractivity contribution in [3.8, 4) is 11.3 Å². The second-order valence-corrected chi connectivity index (χ2v) is 12.8. The van der Waals surface area contributed by atoms with Crippen LogP contribution in [0.3, 0.4) is 0 Å². The van der Waals surface area contributed by atoms with Crippen molar-refractivity contribution in [3.05, 3.63) is 77.8 Å². The highest BCUT2D eigenvalue weighted by atomic mass is 79.9. The molecule has 0 aliphatic heterocycles. The maximum Gasteiger partial charge on any atom is 0.490 e. The molecule has 51 heavy (non-hydrogen) atoms. The van der Waals surface area contributed by atoms with Gasteiger partial charge in [0.2, 0.25) is 17.7 Å². The van der Waals surface area contributed by atoms with Gasteiger partial charge in [-0.25, -0.2) is 18.6 Å². The molecule has 1 aromatic heterocycles. The number of hydrogen-bond acceptors (Lipinski definition) is 7. The average molecular weight is 792 g/mol. The first-order chi connectivity index (χ1) is 23.8. The molecule has 0 saturated heterocycles. The molecule has 6 N–H and O–H groups in total. The number of aromatic nitrogens is 2. The van der Waals surface area contributed by atoms with E-state index in [4.69, 9.17) is 20.6 Å². The number of aliphatic carboxylic acids is 1. The highest BCUT2D eigenvalue weighted by Crippen LogP contribution is 2.39. The maximum atomic E-state index is 14.9. The number of imidazole rings is 1. The van der Waals surface area contributed by atoms with Gasteiger partial charge in [0, 0.05) is 37.9 Å². The quantitative estimate of drug-likeness (QED) is 0.0931. The Morgan fingerprint density at radius 2 is 1.63 bits per heavy atom. The number of hydrogen-bond donors (Lipinski definition) is 5. The van der Waals surface area contributed by atoms with Crippen molar-refractivity contribution in [1.29, 1.82) is 0 Å². The molecule has 0 aliphatic carbocycles. The smallest absolute Gasteiger partial charge is 0.475 e. The van der Waals surface area contributed by atoms with E-state index in [1.807, 2.05) is 51.1 Å². The number of carboxylic acid groups (broad SMARTS) is 1. The number of nitrogens with two attached hydrogens (primary N) is 1. The molecule has 0 saturated carbocycles. The van der Waals surface area contributed by atoms with E-state index in [0.717, 1.165) is 23.8 Å². The summed E-state index contributed by atoms with van der Waals surface area (Å²) in [6, 6.07) is 10.8. The Bertz CT molecular complexity index is 1630. The third-order valence-corrected chi connectivity index (χ3v) is 7.68. The van der Waals surface area contributed by atoms with Crippen molar-refractivity contribution in [1.82, 2.24) is 25.1 Å². The van der Waals surface area contributed by atoms with Gasteiger partial charge in [0.15, 0.2) is 0 Å². The lowest BCUT2D eigenvalue weighted by molar-refractivity contribution is -0.192. The van der Waals surface area contributed by atoms with E-state index >= 15 is 0 Å². The monoisotopic (exact) mass is 790 g/mol. The zero-order chi connectivity index (χ0) is 38.5. The number of carboxylic acids is 1. The van der Waals surface area contributed by atoms with Gasteiger partial charge in [-0.2, -0.15) is 13.2 Å². The number of carbonyl (C=O) groups is 4. The van der Waals surface area contributed by atoms with Gasteiger partial charge in [-0.3, -0.25) is 14.4 Å². The fourth-order valence-electron chi connectivity index (χ4n) is 4.84. The van der Waals surface area contributed by atoms with Crippen LogP contribution in [0.25, 0.3) is 11.3 Å². The van der Waals surface area contributed by atoms with E-state index < -0.39 is 59.7 Å². The van der Waals surface area contributed by atoms with Crippen LogP contribution < -0.4 is 16.4 Å². The summed E-state index contributed by atoms with van der Waals surface area (Å²) >= 11 is 3.05. The van der Waals surface area contributed by atoms with Gasteiger partial charge >= 0.3 is 12.1 Å². The second-order valence-electron chi connectivity index (χ2n) is 12.2. The molecule has 0 radical (unpaired) electrons. The van der Waals surface area contributed by atoms with E-state index in [1.165, 1.54) is 4.90 Å². The fourth-order valence-corrected chi connectivity index (χ4v) is 5.04. The Labute approximate surface area is 299 Å². The molecular formula is C33H40BrF5N6O6. The van der Waals surface area contributed by atoms with Crippen LogP contribution in [0.2, 0.25) is 0 Å². The van der Waals surface area contributed by atoms with Gasteiger partial charge in [0.05, 0.1) is 23.1 Å². The summed E-state index contributed by atoms with van der Waals surface area (Å²) in [4.78, 5) is 52.3. The third kappa shape index (κ3) is 13.3. The Hall–Kier alpha value is -4.42. The summed E-state index contributed by atoms with van der Waals surface area (Å²) in [5, 5.41) is 22.5. The molecule has 12 nitrogen and oxygen atoms in total.